The molecule has 0 spiro atoms. The van der Waals surface area contributed by atoms with Gasteiger partial charge in [-0.05, 0) is 42.4 Å². The highest BCUT2D eigenvalue weighted by Gasteiger charge is 2.38. The summed E-state index contributed by atoms with van der Waals surface area (Å²) in [5.41, 5.74) is 0.937. The zero-order chi connectivity index (χ0) is 16.0. The number of H-pyrrole nitrogens is 1. The van der Waals surface area contributed by atoms with E-state index in [4.69, 9.17) is 23.2 Å². The van der Waals surface area contributed by atoms with Gasteiger partial charge in [-0.1, -0.05) is 53.2 Å². The summed E-state index contributed by atoms with van der Waals surface area (Å²) in [6.07, 6.45) is 6.70. The van der Waals surface area contributed by atoms with Crippen LogP contribution >= 0.6 is 35.0 Å². The molecule has 1 aromatic carbocycles. The molecule has 1 heterocycles. The number of halogens is 2. The summed E-state index contributed by atoms with van der Waals surface area (Å²) in [6, 6.07) is 5.81. The summed E-state index contributed by atoms with van der Waals surface area (Å²) in [5.74, 6) is 1.76. The van der Waals surface area contributed by atoms with E-state index in [0.29, 0.717) is 27.6 Å². The van der Waals surface area contributed by atoms with Crippen LogP contribution in [0.25, 0.3) is 0 Å². The molecule has 7 heteroatoms. The molecule has 0 amide bonds. The van der Waals surface area contributed by atoms with E-state index < -0.39 is 0 Å². The zero-order valence-corrected chi connectivity index (χ0v) is 14.5. The first-order chi connectivity index (χ1) is 11.1. The number of rotatable bonds is 4. The topological polar surface area (TPSA) is 50.7 Å². The van der Waals surface area contributed by atoms with Crippen LogP contribution in [0.3, 0.4) is 0 Å². The molecule has 0 unspecified atom stereocenters. The van der Waals surface area contributed by atoms with Crippen LogP contribution in [0.4, 0.5) is 0 Å². The third-order valence-electron chi connectivity index (χ3n) is 4.60. The Bertz CT molecular complexity index is 829. The van der Waals surface area contributed by atoms with Crippen LogP contribution < -0.4 is 5.69 Å². The van der Waals surface area contributed by atoms with E-state index in [-0.39, 0.29) is 11.7 Å². The first-order valence-electron chi connectivity index (χ1n) is 7.54. The van der Waals surface area contributed by atoms with E-state index in [1.165, 1.54) is 0 Å². The number of nitrogens with zero attached hydrogens (tertiary/aromatic N) is 2. The van der Waals surface area contributed by atoms with Crippen molar-refractivity contribution in [2.45, 2.75) is 29.8 Å². The fraction of sp³-hybridized carbons (Fsp3) is 0.375. The molecule has 2 bridgehead atoms. The first kappa shape index (κ1) is 15.4. The van der Waals surface area contributed by atoms with Crippen LogP contribution in [0.1, 0.15) is 24.4 Å². The lowest BCUT2D eigenvalue weighted by molar-refractivity contribution is 0.396. The Kier molecular flexibility index (Phi) is 4.03. The Morgan fingerprint density at radius 3 is 2.83 bits per heavy atom. The summed E-state index contributed by atoms with van der Waals surface area (Å²) in [6.45, 7) is 0. The number of aromatic nitrogens is 3. The smallest absolute Gasteiger partial charge is 0.266 e. The van der Waals surface area contributed by atoms with Crippen LogP contribution in [0.2, 0.25) is 10.0 Å². The Balaban J connectivity index is 1.55. The molecule has 4 nitrogen and oxygen atoms in total. The number of benzene rings is 1. The first-order valence-corrected chi connectivity index (χ1v) is 9.28. The second-order valence-electron chi connectivity index (χ2n) is 6.07. The number of allylic oxidation sites excluding steroid dienone is 2. The fourth-order valence-electron chi connectivity index (χ4n) is 3.51. The molecule has 4 rings (SSSR count). The molecule has 2 aliphatic carbocycles. The van der Waals surface area contributed by atoms with Crippen LogP contribution in [-0.4, -0.2) is 14.8 Å². The Labute approximate surface area is 147 Å². The maximum atomic E-state index is 12.2. The lowest BCUT2D eigenvalue weighted by Crippen LogP contribution is -2.25. The molecule has 0 aliphatic heterocycles. The largest absolute Gasteiger partial charge is 0.344 e. The molecule has 3 atom stereocenters. The van der Waals surface area contributed by atoms with E-state index in [2.05, 4.69) is 22.3 Å². The Hall–Kier alpha value is -1.17. The van der Waals surface area contributed by atoms with Gasteiger partial charge in [0.25, 0.3) is 0 Å². The predicted octanol–water partition coefficient (Wildman–Crippen LogP) is 4.31. The second-order valence-corrected chi connectivity index (χ2v) is 7.82. The monoisotopic (exact) mass is 367 g/mol. The molecule has 120 valence electrons. The summed E-state index contributed by atoms with van der Waals surface area (Å²) in [4.78, 5) is 12.2. The molecular formula is C16H15Cl2N3OS. The van der Waals surface area contributed by atoms with Gasteiger partial charge in [-0.3, -0.25) is 4.57 Å². The van der Waals surface area contributed by atoms with Crippen molar-refractivity contribution in [3.05, 3.63) is 56.4 Å². The molecule has 0 saturated heterocycles. The van der Waals surface area contributed by atoms with Gasteiger partial charge in [0.15, 0.2) is 5.16 Å². The minimum absolute atomic E-state index is 0.118. The lowest BCUT2D eigenvalue weighted by atomic mass is 10.0. The van der Waals surface area contributed by atoms with Crippen molar-refractivity contribution in [3.8, 4) is 0 Å². The van der Waals surface area contributed by atoms with Crippen molar-refractivity contribution >= 4 is 35.0 Å². The lowest BCUT2D eigenvalue weighted by Gasteiger charge is -2.20. The maximum absolute atomic E-state index is 12.2. The average molecular weight is 368 g/mol. The molecule has 1 fully saturated rings. The van der Waals surface area contributed by atoms with Crippen molar-refractivity contribution in [3.63, 3.8) is 0 Å². The quantitative estimate of drug-likeness (QED) is 0.646. The third-order valence-corrected chi connectivity index (χ3v) is 6.36. The van der Waals surface area contributed by atoms with Crippen LogP contribution in [-0.2, 0) is 5.75 Å². The second kappa shape index (κ2) is 6.04. The highest BCUT2D eigenvalue weighted by Crippen LogP contribution is 2.46. The van der Waals surface area contributed by atoms with Crippen LogP contribution in [0, 0.1) is 11.8 Å². The van der Waals surface area contributed by atoms with Gasteiger partial charge in [-0.15, -0.1) is 5.10 Å². The Morgan fingerprint density at radius 2 is 2.13 bits per heavy atom. The number of nitrogens with one attached hydrogen (secondary N) is 1. The minimum Gasteiger partial charge on any atom is -0.266 e. The van der Waals surface area contributed by atoms with Crippen LogP contribution in [0.5, 0.6) is 0 Å². The SMILES string of the molecule is O=c1[nH]nc(SCc2ccc(Cl)c(Cl)c2)n1[C@H]1C[C@@H]2C=C[C@H]1C2. The molecule has 1 saturated carbocycles. The highest BCUT2D eigenvalue weighted by molar-refractivity contribution is 7.98. The molecule has 2 aliphatic rings. The third kappa shape index (κ3) is 2.86. The molecule has 1 N–H and O–H groups in total. The minimum atomic E-state index is -0.118. The predicted molar refractivity (Wildman–Crippen MR) is 93.3 cm³/mol. The van der Waals surface area contributed by atoms with Gasteiger partial charge >= 0.3 is 5.69 Å². The standard InChI is InChI=1S/C16H15Cl2N3OS/c17-12-4-2-10(6-13(12)18)8-23-16-20-19-15(22)21(16)14-7-9-1-3-11(14)5-9/h1-4,6,9,11,14H,5,7-8H2,(H,19,22)/t9-,11+,14+/m1/s1. The summed E-state index contributed by atoms with van der Waals surface area (Å²) >= 11 is 13.5. The van der Waals surface area contributed by atoms with Crippen molar-refractivity contribution < 1.29 is 0 Å². The summed E-state index contributed by atoms with van der Waals surface area (Å²) in [5, 5.41) is 8.63. The van der Waals surface area contributed by atoms with Gasteiger partial charge in [0.05, 0.1) is 10.0 Å². The van der Waals surface area contributed by atoms with E-state index in [1.807, 2.05) is 16.7 Å². The van der Waals surface area contributed by atoms with E-state index in [9.17, 15) is 4.79 Å². The Morgan fingerprint density at radius 1 is 1.26 bits per heavy atom. The van der Waals surface area contributed by atoms with Crippen LogP contribution in [0.15, 0.2) is 40.3 Å². The molecule has 0 radical (unpaired) electrons. The molecule has 23 heavy (non-hydrogen) atoms. The van der Waals surface area contributed by atoms with Gasteiger partial charge in [0.1, 0.15) is 0 Å². The number of hydrogen-bond acceptors (Lipinski definition) is 3. The van der Waals surface area contributed by atoms with E-state index >= 15 is 0 Å². The van der Waals surface area contributed by atoms with E-state index in [0.717, 1.165) is 23.6 Å². The number of thioether (sulfide) groups is 1. The van der Waals surface area contributed by atoms with Crippen molar-refractivity contribution in [1.29, 1.82) is 0 Å². The van der Waals surface area contributed by atoms with Gasteiger partial charge in [-0.2, -0.15) is 0 Å². The number of aromatic amines is 1. The van der Waals surface area contributed by atoms with Gasteiger partial charge < -0.3 is 0 Å². The number of hydrogen-bond donors (Lipinski definition) is 1. The van der Waals surface area contributed by atoms with Crippen molar-refractivity contribution in [2.24, 2.45) is 11.8 Å². The molecular weight excluding hydrogens is 353 g/mol. The number of fused-ring (bicyclic) bond motifs is 2. The fourth-order valence-corrected chi connectivity index (χ4v) is 4.77. The molecule has 2 aromatic rings. The highest BCUT2D eigenvalue weighted by atomic mass is 35.5. The summed E-state index contributed by atoms with van der Waals surface area (Å²) in [7, 11) is 0. The molecule has 1 aromatic heterocycles. The normalized spacial score (nSPS) is 25.4. The van der Waals surface area contributed by atoms with Gasteiger partial charge in [0, 0.05) is 11.8 Å². The van der Waals surface area contributed by atoms with Crippen molar-refractivity contribution in [2.75, 3.05) is 0 Å². The summed E-state index contributed by atoms with van der Waals surface area (Å²) < 4.78 is 1.83. The van der Waals surface area contributed by atoms with Gasteiger partial charge in [-0.25, -0.2) is 9.89 Å². The van der Waals surface area contributed by atoms with Gasteiger partial charge in [0.2, 0.25) is 0 Å². The maximum Gasteiger partial charge on any atom is 0.344 e. The van der Waals surface area contributed by atoms with E-state index in [1.54, 1.807) is 17.8 Å². The average Bonchev–Trinajstić information content (AvgIpc) is 3.23. The van der Waals surface area contributed by atoms with Crippen molar-refractivity contribution in [1.82, 2.24) is 14.8 Å². The zero-order valence-electron chi connectivity index (χ0n) is 12.2.